The zero-order valence-corrected chi connectivity index (χ0v) is 10.9. The Hall–Kier alpha value is -1.48. The van der Waals surface area contributed by atoms with Crippen LogP contribution in [0.25, 0.3) is 0 Å². The molecule has 1 aromatic rings. The minimum Gasteiger partial charge on any atom is -0.508 e. The number of nitrogens with zero attached hydrogens (tertiary/aromatic N) is 1. The minimum atomic E-state index is 0.323. The maximum atomic E-state index is 9.90. The molecule has 3 heteroatoms. The van der Waals surface area contributed by atoms with Crippen LogP contribution in [0, 0.1) is 0 Å². The van der Waals surface area contributed by atoms with Gasteiger partial charge < -0.3 is 9.84 Å². The second-order valence-electron chi connectivity index (χ2n) is 4.71. The van der Waals surface area contributed by atoms with Crippen LogP contribution in [0.15, 0.2) is 30.9 Å². The molecule has 1 aromatic carbocycles. The van der Waals surface area contributed by atoms with Crippen molar-refractivity contribution >= 4 is 0 Å². The lowest BCUT2D eigenvalue weighted by atomic mass is 10.00. The molecule has 1 atom stereocenters. The van der Waals surface area contributed by atoms with E-state index < -0.39 is 0 Å². The van der Waals surface area contributed by atoms with Gasteiger partial charge in [-0.15, -0.1) is 6.58 Å². The first kappa shape index (κ1) is 13.0. The Labute approximate surface area is 109 Å². The lowest BCUT2D eigenvalue weighted by molar-refractivity contribution is 0.129. The van der Waals surface area contributed by atoms with Gasteiger partial charge in [-0.2, -0.15) is 0 Å². The monoisotopic (exact) mass is 247 g/mol. The number of aromatic hydroxyl groups is 1. The summed E-state index contributed by atoms with van der Waals surface area (Å²) in [5.41, 5.74) is 0.930. The molecule has 0 saturated heterocycles. The van der Waals surface area contributed by atoms with E-state index in [1.807, 2.05) is 18.2 Å². The predicted octanol–water partition coefficient (Wildman–Crippen LogP) is 2.59. The zero-order chi connectivity index (χ0) is 13.0. The first-order chi connectivity index (χ1) is 8.76. The molecule has 18 heavy (non-hydrogen) atoms. The number of fused-ring (bicyclic) bond motifs is 1. The van der Waals surface area contributed by atoms with Gasteiger partial charge in [-0.3, -0.25) is 4.90 Å². The molecule has 98 valence electrons. The van der Waals surface area contributed by atoms with Gasteiger partial charge in [0.05, 0.1) is 0 Å². The summed E-state index contributed by atoms with van der Waals surface area (Å²) in [6.07, 6.45) is 3.88. The van der Waals surface area contributed by atoms with Crippen molar-refractivity contribution in [3.63, 3.8) is 0 Å². The molecular weight excluding hydrogens is 226 g/mol. The molecule has 1 unspecified atom stereocenters. The Morgan fingerprint density at radius 3 is 3.11 bits per heavy atom. The van der Waals surface area contributed by atoms with Gasteiger partial charge in [0, 0.05) is 18.2 Å². The molecule has 1 aliphatic rings. The first-order valence-electron chi connectivity index (χ1n) is 6.54. The van der Waals surface area contributed by atoms with Gasteiger partial charge in [-0.1, -0.05) is 19.1 Å². The number of rotatable bonds is 5. The summed E-state index contributed by atoms with van der Waals surface area (Å²) in [4.78, 5) is 2.36. The molecule has 1 heterocycles. The van der Waals surface area contributed by atoms with Crippen LogP contribution in [0.5, 0.6) is 11.5 Å². The molecular formula is C15H21NO2. The summed E-state index contributed by atoms with van der Waals surface area (Å²) in [5.74, 6) is 1.16. The van der Waals surface area contributed by atoms with Crippen molar-refractivity contribution in [2.75, 3.05) is 19.7 Å². The van der Waals surface area contributed by atoms with E-state index in [9.17, 15) is 5.11 Å². The van der Waals surface area contributed by atoms with Crippen LogP contribution in [0.1, 0.15) is 18.9 Å². The van der Waals surface area contributed by atoms with Crippen LogP contribution in [-0.2, 0) is 6.42 Å². The summed E-state index contributed by atoms with van der Waals surface area (Å²) in [6.45, 7) is 8.56. The van der Waals surface area contributed by atoms with Gasteiger partial charge in [0.15, 0.2) is 0 Å². The summed E-state index contributed by atoms with van der Waals surface area (Å²) in [7, 11) is 0. The Morgan fingerprint density at radius 2 is 2.39 bits per heavy atom. The summed E-state index contributed by atoms with van der Waals surface area (Å²) >= 11 is 0. The molecule has 1 N–H and O–H groups in total. The van der Waals surface area contributed by atoms with E-state index >= 15 is 0 Å². The zero-order valence-electron chi connectivity index (χ0n) is 10.9. The topological polar surface area (TPSA) is 32.7 Å². The van der Waals surface area contributed by atoms with Crippen molar-refractivity contribution in [1.29, 1.82) is 0 Å². The van der Waals surface area contributed by atoms with Crippen molar-refractivity contribution in [2.45, 2.75) is 25.8 Å². The van der Waals surface area contributed by atoms with Gasteiger partial charge >= 0.3 is 0 Å². The fourth-order valence-electron chi connectivity index (χ4n) is 2.49. The standard InChI is InChI=1S/C15H21NO2/c1-3-8-16(9-4-2)12-10-13-14(17)6-5-7-15(13)18-11-12/h3,5-7,12,17H,1,4,8-11H2,2H3. The predicted molar refractivity (Wildman–Crippen MR) is 73.2 cm³/mol. The Balaban J connectivity index is 2.14. The van der Waals surface area contributed by atoms with Crippen LogP contribution in [0.4, 0.5) is 0 Å². The van der Waals surface area contributed by atoms with Crippen molar-refractivity contribution in [3.8, 4) is 11.5 Å². The normalized spacial score (nSPS) is 18.2. The van der Waals surface area contributed by atoms with E-state index in [0.717, 1.165) is 37.2 Å². The van der Waals surface area contributed by atoms with Gasteiger partial charge in [0.25, 0.3) is 0 Å². The SMILES string of the molecule is C=CCN(CCC)C1COc2cccc(O)c2C1. The second-order valence-corrected chi connectivity index (χ2v) is 4.71. The highest BCUT2D eigenvalue weighted by atomic mass is 16.5. The van der Waals surface area contributed by atoms with E-state index in [2.05, 4.69) is 18.4 Å². The highest BCUT2D eigenvalue weighted by Crippen LogP contribution is 2.33. The van der Waals surface area contributed by atoms with Crippen LogP contribution >= 0.6 is 0 Å². The van der Waals surface area contributed by atoms with Crippen LogP contribution in [-0.4, -0.2) is 35.7 Å². The molecule has 0 fully saturated rings. The fourth-order valence-corrected chi connectivity index (χ4v) is 2.49. The van der Waals surface area contributed by atoms with Gasteiger partial charge in [0.1, 0.15) is 18.1 Å². The lowest BCUT2D eigenvalue weighted by Gasteiger charge is -2.34. The van der Waals surface area contributed by atoms with Crippen molar-refractivity contribution < 1.29 is 9.84 Å². The third-order valence-electron chi connectivity index (χ3n) is 3.37. The lowest BCUT2D eigenvalue weighted by Crippen LogP contribution is -2.43. The number of phenols is 1. The van der Waals surface area contributed by atoms with Crippen molar-refractivity contribution in [3.05, 3.63) is 36.4 Å². The van der Waals surface area contributed by atoms with Crippen molar-refractivity contribution in [1.82, 2.24) is 4.90 Å². The Bertz CT molecular complexity index is 417. The number of benzene rings is 1. The molecule has 0 aliphatic carbocycles. The van der Waals surface area contributed by atoms with Crippen molar-refractivity contribution in [2.24, 2.45) is 0 Å². The average molecular weight is 247 g/mol. The van der Waals surface area contributed by atoms with E-state index in [1.54, 1.807) is 6.07 Å². The number of hydrogen-bond acceptors (Lipinski definition) is 3. The third kappa shape index (κ3) is 2.67. The van der Waals surface area contributed by atoms with E-state index in [4.69, 9.17) is 4.74 Å². The van der Waals surface area contributed by atoms with Crippen LogP contribution in [0.3, 0.4) is 0 Å². The smallest absolute Gasteiger partial charge is 0.126 e. The molecule has 0 amide bonds. The van der Waals surface area contributed by atoms with Gasteiger partial charge in [-0.05, 0) is 31.5 Å². The van der Waals surface area contributed by atoms with Crippen LogP contribution < -0.4 is 4.74 Å². The number of hydrogen-bond donors (Lipinski definition) is 1. The van der Waals surface area contributed by atoms with E-state index in [0.29, 0.717) is 18.4 Å². The number of phenolic OH excluding ortho intramolecular Hbond substituents is 1. The maximum absolute atomic E-state index is 9.90. The summed E-state index contributed by atoms with van der Waals surface area (Å²) < 4.78 is 5.75. The largest absolute Gasteiger partial charge is 0.508 e. The molecule has 3 nitrogen and oxygen atoms in total. The van der Waals surface area contributed by atoms with E-state index in [1.165, 1.54) is 0 Å². The molecule has 0 bridgehead atoms. The molecule has 2 rings (SSSR count). The highest BCUT2D eigenvalue weighted by molar-refractivity contribution is 5.45. The van der Waals surface area contributed by atoms with Gasteiger partial charge in [-0.25, -0.2) is 0 Å². The molecule has 0 radical (unpaired) electrons. The third-order valence-corrected chi connectivity index (χ3v) is 3.37. The molecule has 0 saturated carbocycles. The Morgan fingerprint density at radius 1 is 1.56 bits per heavy atom. The minimum absolute atomic E-state index is 0.323. The van der Waals surface area contributed by atoms with Gasteiger partial charge in [0.2, 0.25) is 0 Å². The summed E-state index contributed by atoms with van der Waals surface area (Å²) in [6, 6.07) is 5.79. The molecule has 1 aliphatic heterocycles. The summed E-state index contributed by atoms with van der Waals surface area (Å²) in [5, 5.41) is 9.90. The molecule has 0 aromatic heterocycles. The maximum Gasteiger partial charge on any atom is 0.126 e. The quantitative estimate of drug-likeness (QED) is 0.812. The average Bonchev–Trinajstić information content (AvgIpc) is 2.39. The highest BCUT2D eigenvalue weighted by Gasteiger charge is 2.26. The fraction of sp³-hybridized carbons (Fsp3) is 0.467. The van der Waals surface area contributed by atoms with Crippen LogP contribution in [0.2, 0.25) is 0 Å². The first-order valence-corrected chi connectivity index (χ1v) is 6.54. The second kappa shape index (κ2) is 5.91. The molecule has 0 spiro atoms. The number of ether oxygens (including phenoxy) is 1. The van der Waals surface area contributed by atoms with E-state index in [-0.39, 0.29) is 0 Å². The Kier molecular flexibility index (Phi) is 4.26.